The second-order valence-electron chi connectivity index (χ2n) is 5.35. The summed E-state index contributed by atoms with van der Waals surface area (Å²) >= 11 is 0. The smallest absolute Gasteiger partial charge is 0.271 e. The number of ether oxygens (including phenoxy) is 1. The zero-order valence-corrected chi connectivity index (χ0v) is 14.3. The molecule has 25 heavy (non-hydrogen) atoms. The van der Waals surface area contributed by atoms with E-state index in [-0.39, 0.29) is 5.91 Å². The van der Waals surface area contributed by atoms with Crippen molar-refractivity contribution in [2.24, 2.45) is 5.10 Å². The lowest BCUT2D eigenvalue weighted by atomic mass is 10.2. The summed E-state index contributed by atoms with van der Waals surface area (Å²) < 4.78 is 5.06. The lowest BCUT2D eigenvalue weighted by Gasteiger charge is -2.17. The van der Waals surface area contributed by atoms with Gasteiger partial charge in [-0.1, -0.05) is 12.1 Å². The minimum absolute atomic E-state index is 0.285. The first kappa shape index (κ1) is 18.0. The van der Waals surface area contributed by atoms with Crippen molar-refractivity contribution >= 4 is 17.8 Å². The van der Waals surface area contributed by atoms with Gasteiger partial charge in [-0.25, -0.2) is 5.43 Å². The molecule has 6 nitrogen and oxygen atoms in total. The quantitative estimate of drug-likeness (QED) is 0.623. The molecule has 0 atom stereocenters. The van der Waals surface area contributed by atoms with Crippen LogP contribution in [0, 0.1) is 11.3 Å². The number of amides is 1. The molecule has 0 aliphatic carbocycles. The van der Waals surface area contributed by atoms with Gasteiger partial charge in [0.2, 0.25) is 0 Å². The van der Waals surface area contributed by atoms with Crippen LogP contribution in [0.4, 0.5) is 5.69 Å². The minimum atomic E-state index is -0.285. The van der Waals surface area contributed by atoms with Crippen molar-refractivity contribution in [3.63, 3.8) is 0 Å². The molecule has 0 unspecified atom stereocenters. The van der Waals surface area contributed by atoms with Gasteiger partial charge in [0.15, 0.2) is 0 Å². The molecule has 0 bridgehead atoms. The molecule has 0 heterocycles. The molecule has 2 rings (SSSR count). The van der Waals surface area contributed by atoms with Crippen molar-refractivity contribution in [1.82, 2.24) is 5.43 Å². The molecule has 0 aliphatic rings. The number of nitrogens with one attached hydrogen (secondary N) is 1. The number of hydrazone groups is 1. The number of methoxy groups -OCH3 is 1. The third-order valence-electron chi connectivity index (χ3n) is 3.62. The number of hydrogen-bond donors (Lipinski definition) is 1. The van der Waals surface area contributed by atoms with Crippen LogP contribution >= 0.6 is 0 Å². The van der Waals surface area contributed by atoms with Crippen molar-refractivity contribution in [1.29, 1.82) is 5.26 Å². The summed E-state index contributed by atoms with van der Waals surface area (Å²) in [6.45, 7) is 0.682. The fourth-order valence-corrected chi connectivity index (χ4v) is 2.13. The van der Waals surface area contributed by atoms with Gasteiger partial charge in [0.05, 0.1) is 25.8 Å². The summed E-state index contributed by atoms with van der Waals surface area (Å²) in [5, 5.41) is 12.6. The fourth-order valence-electron chi connectivity index (χ4n) is 2.13. The van der Waals surface area contributed by atoms with Crippen LogP contribution in [0.15, 0.2) is 53.6 Å². The Balaban J connectivity index is 1.90. The SMILES string of the molecule is COc1ccc(C(=O)NN=Cc2ccc(N(C)CCC#N)cc2)cc1. The third-order valence-corrected chi connectivity index (χ3v) is 3.62. The molecule has 0 radical (unpaired) electrons. The number of nitrogens with zero attached hydrogens (tertiary/aromatic N) is 3. The summed E-state index contributed by atoms with van der Waals surface area (Å²) in [7, 11) is 3.52. The van der Waals surface area contributed by atoms with Crippen molar-refractivity contribution < 1.29 is 9.53 Å². The molecular weight excluding hydrogens is 316 g/mol. The van der Waals surface area contributed by atoms with E-state index in [0.29, 0.717) is 24.3 Å². The molecule has 1 N–H and O–H groups in total. The maximum Gasteiger partial charge on any atom is 0.271 e. The molecule has 0 aliphatic heterocycles. The minimum Gasteiger partial charge on any atom is -0.497 e. The van der Waals surface area contributed by atoms with Crippen LogP contribution in [0.3, 0.4) is 0 Å². The Morgan fingerprint density at radius 3 is 2.52 bits per heavy atom. The van der Waals surface area contributed by atoms with Crippen molar-refractivity contribution in [3.05, 3.63) is 59.7 Å². The summed E-state index contributed by atoms with van der Waals surface area (Å²) in [5.74, 6) is 0.409. The second kappa shape index (κ2) is 9.08. The standard InChI is InChI=1S/C19H20N4O2/c1-23(13-3-12-20)17-8-4-15(5-9-17)14-21-22-19(24)16-6-10-18(25-2)11-7-16/h4-11,14H,3,13H2,1-2H3,(H,22,24). The Hall–Kier alpha value is -3.33. The second-order valence-corrected chi connectivity index (χ2v) is 5.35. The molecule has 0 saturated heterocycles. The van der Waals surface area contributed by atoms with Gasteiger partial charge in [-0.2, -0.15) is 10.4 Å². The van der Waals surface area contributed by atoms with E-state index >= 15 is 0 Å². The third kappa shape index (κ3) is 5.36. The monoisotopic (exact) mass is 336 g/mol. The van der Waals surface area contributed by atoms with Crippen LogP contribution < -0.4 is 15.1 Å². The van der Waals surface area contributed by atoms with Gasteiger partial charge in [-0.05, 0) is 42.0 Å². The Kier molecular flexibility index (Phi) is 6.55. The van der Waals surface area contributed by atoms with Crippen LogP contribution in [0.25, 0.3) is 0 Å². The Labute approximate surface area is 147 Å². The topological polar surface area (TPSA) is 77.7 Å². The maximum absolute atomic E-state index is 12.0. The van der Waals surface area contributed by atoms with Crippen molar-refractivity contribution in [2.45, 2.75) is 6.42 Å². The van der Waals surface area contributed by atoms with Gasteiger partial charge in [0, 0.05) is 24.8 Å². The normalized spacial score (nSPS) is 10.3. The molecule has 2 aromatic rings. The van der Waals surface area contributed by atoms with Gasteiger partial charge in [-0.15, -0.1) is 0 Å². The predicted octanol–water partition coefficient (Wildman–Crippen LogP) is 2.81. The van der Waals surface area contributed by atoms with E-state index in [0.717, 1.165) is 11.3 Å². The van der Waals surface area contributed by atoms with Crippen LogP contribution in [0.1, 0.15) is 22.3 Å². The Bertz CT molecular complexity index is 762. The number of benzene rings is 2. The number of nitriles is 1. The molecule has 0 aromatic heterocycles. The van der Waals surface area contributed by atoms with Crippen LogP contribution in [0.5, 0.6) is 5.75 Å². The number of carbonyl (C=O) groups excluding carboxylic acids is 1. The summed E-state index contributed by atoms with van der Waals surface area (Å²) in [6.07, 6.45) is 2.07. The molecule has 1 amide bonds. The summed E-state index contributed by atoms with van der Waals surface area (Å²) in [4.78, 5) is 14.0. The average molecular weight is 336 g/mol. The largest absolute Gasteiger partial charge is 0.497 e. The first-order chi connectivity index (χ1) is 12.1. The van der Waals surface area contributed by atoms with E-state index in [4.69, 9.17) is 10.00 Å². The van der Waals surface area contributed by atoms with E-state index in [1.165, 1.54) is 0 Å². The first-order valence-electron chi connectivity index (χ1n) is 7.79. The highest BCUT2D eigenvalue weighted by Gasteiger charge is 2.04. The predicted molar refractivity (Wildman–Crippen MR) is 98.0 cm³/mol. The number of hydrogen-bond acceptors (Lipinski definition) is 5. The van der Waals surface area contributed by atoms with Gasteiger partial charge in [-0.3, -0.25) is 4.79 Å². The van der Waals surface area contributed by atoms with E-state index in [9.17, 15) is 4.79 Å². The van der Waals surface area contributed by atoms with Crippen molar-refractivity contribution in [3.8, 4) is 11.8 Å². The molecule has 0 fully saturated rings. The molecule has 128 valence electrons. The van der Waals surface area contributed by atoms with Gasteiger partial charge in [0.1, 0.15) is 5.75 Å². The van der Waals surface area contributed by atoms with Crippen LogP contribution in [-0.4, -0.2) is 32.8 Å². The first-order valence-corrected chi connectivity index (χ1v) is 7.79. The molecule has 0 spiro atoms. The van der Waals surface area contributed by atoms with Crippen LogP contribution in [-0.2, 0) is 0 Å². The number of rotatable bonds is 7. The number of carbonyl (C=O) groups is 1. The van der Waals surface area contributed by atoms with E-state index < -0.39 is 0 Å². The molecule has 0 saturated carbocycles. The zero-order valence-electron chi connectivity index (χ0n) is 14.3. The van der Waals surface area contributed by atoms with Crippen molar-refractivity contribution in [2.75, 3.05) is 25.6 Å². The molecular formula is C19H20N4O2. The molecule has 2 aromatic carbocycles. The van der Waals surface area contributed by atoms with E-state index in [2.05, 4.69) is 16.6 Å². The van der Waals surface area contributed by atoms with Gasteiger partial charge < -0.3 is 9.64 Å². The van der Waals surface area contributed by atoms with Gasteiger partial charge in [0.25, 0.3) is 5.91 Å². The highest BCUT2D eigenvalue weighted by atomic mass is 16.5. The Morgan fingerprint density at radius 2 is 1.92 bits per heavy atom. The van der Waals surface area contributed by atoms with E-state index in [1.54, 1.807) is 37.6 Å². The maximum atomic E-state index is 12.0. The van der Waals surface area contributed by atoms with Crippen LogP contribution in [0.2, 0.25) is 0 Å². The highest BCUT2D eigenvalue weighted by Crippen LogP contribution is 2.13. The zero-order chi connectivity index (χ0) is 18.1. The fraction of sp³-hybridized carbons (Fsp3) is 0.211. The summed E-state index contributed by atoms with van der Waals surface area (Å²) in [5.41, 5.74) is 4.89. The highest BCUT2D eigenvalue weighted by molar-refractivity contribution is 5.95. The average Bonchev–Trinajstić information content (AvgIpc) is 2.66. The lowest BCUT2D eigenvalue weighted by molar-refractivity contribution is 0.0955. The lowest BCUT2D eigenvalue weighted by Crippen LogP contribution is -2.18. The van der Waals surface area contributed by atoms with Gasteiger partial charge >= 0.3 is 0 Å². The summed E-state index contributed by atoms with van der Waals surface area (Å²) in [6, 6.07) is 16.6. The number of anilines is 1. The Morgan fingerprint density at radius 1 is 1.24 bits per heavy atom. The molecule has 6 heteroatoms. The van der Waals surface area contributed by atoms with E-state index in [1.807, 2.05) is 36.2 Å².